The summed E-state index contributed by atoms with van der Waals surface area (Å²) in [6.45, 7) is 0. The molecule has 0 aromatic heterocycles. The van der Waals surface area contributed by atoms with Gasteiger partial charge in [0.15, 0.2) is 0 Å². The fourth-order valence-corrected chi connectivity index (χ4v) is 3.56. The number of fused-ring (bicyclic) bond motifs is 8. The third kappa shape index (κ3) is 1.49. The molecule has 0 unspecified atom stereocenters. The van der Waals surface area contributed by atoms with Crippen molar-refractivity contribution in [1.29, 1.82) is 0 Å². The summed E-state index contributed by atoms with van der Waals surface area (Å²) in [5, 5.41) is 2.24. The zero-order valence-corrected chi connectivity index (χ0v) is 12.0. The number of para-hydroxylation sites is 1. The van der Waals surface area contributed by atoms with Crippen molar-refractivity contribution in [3.63, 3.8) is 0 Å². The van der Waals surface area contributed by atoms with Crippen molar-refractivity contribution in [2.45, 2.75) is 12.8 Å². The van der Waals surface area contributed by atoms with Crippen LogP contribution in [0.5, 0.6) is 11.5 Å². The lowest BCUT2D eigenvalue weighted by molar-refractivity contribution is 0.470. The fourth-order valence-electron chi connectivity index (χ4n) is 3.56. The highest BCUT2D eigenvalue weighted by atomic mass is 16.5. The van der Waals surface area contributed by atoms with Gasteiger partial charge in [0.2, 0.25) is 0 Å². The van der Waals surface area contributed by atoms with Crippen molar-refractivity contribution >= 4 is 18.4 Å². The molecule has 0 bridgehead atoms. The first-order valence-corrected chi connectivity index (χ1v) is 7.58. The minimum Gasteiger partial charge on any atom is -0.464 e. The topological polar surface area (TPSA) is 18.5 Å². The third-order valence-electron chi connectivity index (χ3n) is 4.51. The Balaban J connectivity index is 2.00. The second-order valence-corrected chi connectivity index (χ2v) is 5.71. The number of hydrogen-bond donors (Lipinski definition) is 0. The van der Waals surface area contributed by atoms with E-state index in [0.29, 0.717) is 0 Å². The van der Waals surface area contributed by atoms with Gasteiger partial charge in [0.1, 0.15) is 11.5 Å². The molecule has 0 fully saturated rings. The van der Waals surface area contributed by atoms with Gasteiger partial charge in [0.25, 0.3) is 0 Å². The van der Waals surface area contributed by atoms with Gasteiger partial charge in [-0.1, -0.05) is 30.4 Å². The molecule has 2 aliphatic heterocycles. The largest absolute Gasteiger partial charge is 0.464 e. The van der Waals surface area contributed by atoms with Crippen LogP contribution in [0.15, 0.2) is 42.7 Å². The Bertz CT molecular complexity index is 978. The van der Waals surface area contributed by atoms with Crippen LogP contribution in [-0.4, -0.2) is 0 Å². The Morgan fingerprint density at radius 2 is 1.95 bits per heavy atom. The van der Waals surface area contributed by atoms with Gasteiger partial charge in [-0.15, -0.1) is 0 Å². The van der Waals surface area contributed by atoms with Crippen molar-refractivity contribution in [3.05, 3.63) is 64.2 Å². The quantitative estimate of drug-likeness (QED) is 0.741. The zero-order valence-electron chi connectivity index (χ0n) is 12.0. The van der Waals surface area contributed by atoms with Gasteiger partial charge in [-0.25, -0.2) is 0 Å². The predicted molar refractivity (Wildman–Crippen MR) is 87.8 cm³/mol. The standard InChI is InChI=1S/C20H14O2/c1-2-7-14-13(6-1)19-16-8-3-4-10-18(16)22-12-17(19)15-9-5-11-21-20(14)15/h2-5,7-12H,1,6H2. The Morgan fingerprint density at radius 1 is 1.00 bits per heavy atom. The second-order valence-electron chi connectivity index (χ2n) is 5.71. The molecule has 5 rings (SSSR count). The van der Waals surface area contributed by atoms with E-state index in [1.807, 2.05) is 24.5 Å². The summed E-state index contributed by atoms with van der Waals surface area (Å²) in [6, 6.07) is 8.26. The molecular formula is C20H14O2. The van der Waals surface area contributed by atoms with E-state index in [1.54, 1.807) is 6.26 Å². The molecule has 0 amide bonds. The minimum atomic E-state index is 0.930. The summed E-state index contributed by atoms with van der Waals surface area (Å²) in [4.78, 5) is 0. The molecule has 2 aromatic rings. The van der Waals surface area contributed by atoms with Crippen LogP contribution in [0.25, 0.3) is 29.5 Å². The predicted octanol–water partition coefficient (Wildman–Crippen LogP) is 3.13. The first-order valence-electron chi connectivity index (χ1n) is 7.58. The number of hydrogen-bond acceptors (Lipinski definition) is 2. The van der Waals surface area contributed by atoms with Crippen molar-refractivity contribution in [1.82, 2.24) is 0 Å². The second kappa shape index (κ2) is 4.38. The van der Waals surface area contributed by atoms with Gasteiger partial charge in [-0.2, -0.15) is 0 Å². The smallest absolute Gasteiger partial charge is 0.141 e. The van der Waals surface area contributed by atoms with Gasteiger partial charge < -0.3 is 9.47 Å². The summed E-state index contributed by atoms with van der Waals surface area (Å²) in [5.41, 5.74) is 5.06. The molecule has 3 aliphatic rings. The summed E-state index contributed by atoms with van der Waals surface area (Å²) in [6.07, 6.45) is 14.2. The Labute approximate surface area is 128 Å². The summed E-state index contributed by atoms with van der Waals surface area (Å²) in [7, 11) is 0. The van der Waals surface area contributed by atoms with Crippen molar-refractivity contribution in [2.24, 2.45) is 0 Å². The third-order valence-corrected chi connectivity index (χ3v) is 4.51. The number of benzene rings is 2. The summed E-state index contributed by atoms with van der Waals surface area (Å²) in [5.74, 6) is 1.88. The SMILES string of the molecule is C1=COc2c3c(c4c(c2=C1)=COc1ccccc1-4)CCC=C3. The highest BCUT2D eigenvalue weighted by Gasteiger charge is 2.24. The van der Waals surface area contributed by atoms with Gasteiger partial charge in [-0.3, -0.25) is 0 Å². The normalized spacial score (nSPS) is 16.0. The molecule has 0 spiro atoms. The molecule has 106 valence electrons. The van der Waals surface area contributed by atoms with E-state index >= 15 is 0 Å². The maximum Gasteiger partial charge on any atom is 0.141 e. The van der Waals surface area contributed by atoms with Crippen LogP contribution < -0.4 is 19.9 Å². The van der Waals surface area contributed by atoms with Gasteiger partial charge in [0.05, 0.1) is 12.5 Å². The van der Waals surface area contributed by atoms with Crippen LogP contribution >= 0.6 is 0 Å². The van der Waals surface area contributed by atoms with Crippen LogP contribution in [0.2, 0.25) is 0 Å². The average Bonchev–Trinajstić information content (AvgIpc) is 2.61. The monoisotopic (exact) mass is 286 g/mol. The molecule has 2 heterocycles. The molecule has 2 aromatic carbocycles. The Hall–Kier alpha value is -2.74. The zero-order chi connectivity index (χ0) is 14.5. The molecule has 22 heavy (non-hydrogen) atoms. The Kier molecular flexibility index (Phi) is 2.36. The van der Waals surface area contributed by atoms with Crippen molar-refractivity contribution in [2.75, 3.05) is 0 Å². The molecule has 2 heteroatoms. The highest BCUT2D eigenvalue weighted by Crippen LogP contribution is 2.38. The van der Waals surface area contributed by atoms with Gasteiger partial charge in [0, 0.05) is 27.1 Å². The van der Waals surface area contributed by atoms with Crippen molar-refractivity contribution in [3.8, 4) is 22.6 Å². The van der Waals surface area contributed by atoms with E-state index in [1.165, 1.54) is 22.3 Å². The van der Waals surface area contributed by atoms with Crippen molar-refractivity contribution < 1.29 is 9.47 Å². The van der Waals surface area contributed by atoms with Crippen LogP contribution in [0.4, 0.5) is 0 Å². The average molecular weight is 286 g/mol. The van der Waals surface area contributed by atoms with E-state index in [2.05, 4.69) is 30.4 Å². The van der Waals surface area contributed by atoms with Crippen LogP contribution in [0, 0.1) is 0 Å². The van der Waals surface area contributed by atoms with E-state index in [9.17, 15) is 0 Å². The Morgan fingerprint density at radius 3 is 2.95 bits per heavy atom. The molecule has 0 saturated carbocycles. The van der Waals surface area contributed by atoms with Crippen LogP contribution in [-0.2, 0) is 6.42 Å². The maximum atomic E-state index is 5.86. The van der Waals surface area contributed by atoms with Crippen LogP contribution in [0.3, 0.4) is 0 Å². The first kappa shape index (κ1) is 11.9. The van der Waals surface area contributed by atoms with E-state index < -0.39 is 0 Å². The summed E-state index contributed by atoms with van der Waals surface area (Å²) < 4.78 is 11.7. The highest BCUT2D eigenvalue weighted by molar-refractivity contribution is 5.83. The lowest BCUT2D eigenvalue weighted by Gasteiger charge is -2.24. The summed E-state index contributed by atoms with van der Waals surface area (Å²) >= 11 is 0. The van der Waals surface area contributed by atoms with E-state index in [0.717, 1.165) is 34.8 Å². The fraction of sp³-hybridized carbons (Fsp3) is 0.100. The molecule has 0 saturated heterocycles. The lowest BCUT2D eigenvalue weighted by Crippen LogP contribution is -2.34. The molecule has 2 nitrogen and oxygen atoms in total. The van der Waals surface area contributed by atoms with E-state index in [4.69, 9.17) is 9.47 Å². The molecule has 0 radical (unpaired) electrons. The molecule has 1 aliphatic carbocycles. The lowest BCUT2D eigenvalue weighted by atomic mass is 9.85. The molecule has 0 atom stereocenters. The first-order chi connectivity index (χ1) is 10.9. The van der Waals surface area contributed by atoms with Gasteiger partial charge >= 0.3 is 0 Å². The number of rotatable bonds is 0. The minimum absolute atomic E-state index is 0.930. The van der Waals surface area contributed by atoms with E-state index in [-0.39, 0.29) is 0 Å². The van der Waals surface area contributed by atoms with Crippen LogP contribution in [0.1, 0.15) is 17.5 Å². The molecule has 0 N–H and O–H groups in total. The molecular weight excluding hydrogens is 272 g/mol. The number of ether oxygens (including phenoxy) is 2. The number of allylic oxidation sites excluding steroid dienone is 2. The van der Waals surface area contributed by atoms with Gasteiger partial charge in [-0.05, 0) is 36.6 Å². The maximum absolute atomic E-state index is 5.86.